The topological polar surface area (TPSA) is 92.7 Å². The molecule has 6 heteroatoms. The van der Waals surface area contributed by atoms with Crippen LogP contribution in [0.2, 0.25) is 0 Å². The highest BCUT2D eigenvalue weighted by Crippen LogP contribution is 2.29. The summed E-state index contributed by atoms with van der Waals surface area (Å²) in [6.45, 7) is 1.14. The standard InChI is InChI=1S/C13H13NO5/c1-8(15)9-3-2-4-10(5-9)14-11(16)13(12(17)18)6-19-7-13/h2-5H,6-7H2,1H3,(H,14,16)(H,17,18). The molecule has 19 heavy (non-hydrogen) atoms. The maximum Gasteiger partial charge on any atom is 0.324 e. The second kappa shape index (κ2) is 4.81. The molecule has 0 radical (unpaired) electrons. The van der Waals surface area contributed by atoms with Crippen molar-refractivity contribution in [2.45, 2.75) is 6.92 Å². The van der Waals surface area contributed by atoms with Crippen molar-refractivity contribution in [3.63, 3.8) is 0 Å². The number of Topliss-reactive ketones (excluding diaryl/α,β-unsaturated/α-hetero) is 1. The molecule has 100 valence electrons. The summed E-state index contributed by atoms with van der Waals surface area (Å²) in [6, 6.07) is 6.35. The average molecular weight is 263 g/mol. The first-order chi connectivity index (χ1) is 8.95. The van der Waals surface area contributed by atoms with E-state index in [9.17, 15) is 14.4 Å². The van der Waals surface area contributed by atoms with Gasteiger partial charge in [0.05, 0.1) is 13.2 Å². The number of ketones is 1. The number of aliphatic carboxylic acids is 1. The molecule has 1 aromatic carbocycles. The van der Waals surface area contributed by atoms with Crippen molar-refractivity contribution in [3.05, 3.63) is 29.8 Å². The number of hydrogen-bond acceptors (Lipinski definition) is 4. The Morgan fingerprint density at radius 3 is 2.47 bits per heavy atom. The zero-order chi connectivity index (χ0) is 14.0. The van der Waals surface area contributed by atoms with Gasteiger partial charge in [0.15, 0.2) is 11.2 Å². The third-order valence-electron chi connectivity index (χ3n) is 3.07. The number of amides is 1. The van der Waals surface area contributed by atoms with E-state index in [1.807, 2.05) is 0 Å². The Morgan fingerprint density at radius 1 is 1.32 bits per heavy atom. The third kappa shape index (κ3) is 2.34. The van der Waals surface area contributed by atoms with E-state index < -0.39 is 17.3 Å². The molecule has 1 saturated heterocycles. The molecule has 2 N–H and O–H groups in total. The van der Waals surface area contributed by atoms with Crippen molar-refractivity contribution in [2.24, 2.45) is 5.41 Å². The molecule has 0 bridgehead atoms. The first kappa shape index (κ1) is 13.2. The van der Waals surface area contributed by atoms with Gasteiger partial charge in [0.25, 0.3) is 0 Å². The van der Waals surface area contributed by atoms with E-state index in [1.54, 1.807) is 18.2 Å². The minimum absolute atomic E-state index is 0.129. The molecule has 0 unspecified atom stereocenters. The second-order valence-corrected chi connectivity index (χ2v) is 4.47. The van der Waals surface area contributed by atoms with Gasteiger partial charge in [-0.3, -0.25) is 14.4 Å². The first-order valence-corrected chi connectivity index (χ1v) is 5.69. The van der Waals surface area contributed by atoms with Crippen LogP contribution in [0.4, 0.5) is 5.69 Å². The van der Waals surface area contributed by atoms with E-state index in [2.05, 4.69) is 5.32 Å². The smallest absolute Gasteiger partial charge is 0.324 e. The van der Waals surface area contributed by atoms with Crippen LogP contribution in [-0.2, 0) is 14.3 Å². The number of carboxylic acid groups (broad SMARTS) is 1. The summed E-state index contributed by atoms with van der Waals surface area (Å²) in [5.41, 5.74) is -0.677. The molecule has 2 rings (SSSR count). The largest absolute Gasteiger partial charge is 0.480 e. The Balaban J connectivity index is 2.17. The highest BCUT2D eigenvalue weighted by Gasteiger charge is 2.53. The van der Waals surface area contributed by atoms with Crippen LogP contribution in [0, 0.1) is 5.41 Å². The SMILES string of the molecule is CC(=O)c1cccc(NC(=O)C2(C(=O)O)COC2)c1. The van der Waals surface area contributed by atoms with Crippen LogP contribution in [0.25, 0.3) is 0 Å². The van der Waals surface area contributed by atoms with Crippen molar-refractivity contribution in [2.75, 3.05) is 18.5 Å². The van der Waals surface area contributed by atoms with Crippen LogP contribution in [-0.4, -0.2) is 36.0 Å². The van der Waals surface area contributed by atoms with Gasteiger partial charge in [0, 0.05) is 11.3 Å². The minimum atomic E-state index is -1.52. The van der Waals surface area contributed by atoms with Crippen LogP contribution < -0.4 is 5.32 Å². The van der Waals surface area contributed by atoms with E-state index in [4.69, 9.17) is 9.84 Å². The number of hydrogen-bond donors (Lipinski definition) is 2. The Morgan fingerprint density at radius 2 is 2.00 bits per heavy atom. The fourth-order valence-electron chi connectivity index (χ4n) is 1.72. The molecule has 0 saturated carbocycles. The number of ether oxygens (including phenoxy) is 1. The lowest BCUT2D eigenvalue weighted by atomic mass is 9.85. The molecule has 0 aromatic heterocycles. The second-order valence-electron chi connectivity index (χ2n) is 4.47. The Hall–Kier alpha value is -2.21. The van der Waals surface area contributed by atoms with Gasteiger partial charge in [-0.2, -0.15) is 0 Å². The van der Waals surface area contributed by atoms with Gasteiger partial charge in [-0.1, -0.05) is 12.1 Å². The molecule has 1 amide bonds. The summed E-state index contributed by atoms with van der Waals surface area (Å²) >= 11 is 0. The fourth-order valence-corrected chi connectivity index (χ4v) is 1.72. The van der Waals surface area contributed by atoms with E-state index in [-0.39, 0.29) is 19.0 Å². The molecule has 1 aliphatic heterocycles. The molecule has 0 aliphatic carbocycles. The molecule has 6 nitrogen and oxygen atoms in total. The molecule has 1 aliphatic rings. The van der Waals surface area contributed by atoms with E-state index >= 15 is 0 Å². The van der Waals surface area contributed by atoms with Crippen molar-refractivity contribution in [1.29, 1.82) is 0 Å². The molecule has 1 fully saturated rings. The Labute approximate surface area is 109 Å². The van der Waals surface area contributed by atoms with Gasteiger partial charge in [0.1, 0.15) is 0 Å². The lowest BCUT2D eigenvalue weighted by molar-refractivity contribution is -0.182. The zero-order valence-corrected chi connectivity index (χ0v) is 10.3. The average Bonchev–Trinajstić information content (AvgIpc) is 2.26. The number of carboxylic acids is 1. The van der Waals surface area contributed by atoms with Crippen LogP contribution in [0.15, 0.2) is 24.3 Å². The lowest BCUT2D eigenvalue weighted by Crippen LogP contribution is -2.57. The highest BCUT2D eigenvalue weighted by molar-refractivity contribution is 6.09. The maximum absolute atomic E-state index is 12.0. The van der Waals surface area contributed by atoms with Gasteiger partial charge in [-0.15, -0.1) is 0 Å². The quantitative estimate of drug-likeness (QED) is 0.622. The van der Waals surface area contributed by atoms with E-state index in [1.165, 1.54) is 13.0 Å². The summed E-state index contributed by atoms with van der Waals surface area (Å²) in [5, 5.41) is 11.6. The third-order valence-corrected chi connectivity index (χ3v) is 3.07. The van der Waals surface area contributed by atoms with E-state index in [0.717, 1.165) is 0 Å². The summed E-state index contributed by atoms with van der Waals surface area (Å²) in [7, 11) is 0. The van der Waals surface area contributed by atoms with Crippen molar-refractivity contribution < 1.29 is 24.2 Å². The summed E-state index contributed by atoms with van der Waals surface area (Å²) in [4.78, 5) is 34.3. The number of anilines is 1. The Kier molecular flexibility index (Phi) is 3.35. The molecule has 1 aromatic rings. The molecular formula is C13H13NO5. The fraction of sp³-hybridized carbons (Fsp3) is 0.308. The van der Waals surface area contributed by atoms with Gasteiger partial charge in [-0.25, -0.2) is 0 Å². The molecular weight excluding hydrogens is 250 g/mol. The number of nitrogens with one attached hydrogen (secondary N) is 1. The predicted molar refractivity (Wildman–Crippen MR) is 66.0 cm³/mol. The monoisotopic (exact) mass is 263 g/mol. The van der Waals surface area contributed by atoms with Crippen LogP contribution in [0.1, 0.15) is 17.3 Å². The van der Waals surface area contributed by atoms with Crippen LogP contribution >= 0.6 is 0 Å². The number of benzene rings is 1. The van der Waals surface area contributed by atoms with Crippen LogP contribution in [0.3, 0.4) is 0 Å². The van der Waals surface area contributed by atoms with Crippen molar-refractivity contribution in [1.82, 2.24) is 0 Å². The lowest BCUT2D eigenvalue weighted by Gasteiger charge is -2.35. The minimum Gasteiger partial charge on any atom is -0.480 e. The molecule has 0 atom stereocenters. The number of carbonyl (C=O) groups excluding carboxylic acids is 2. The first-order valence-electron chi connectivity index (χ1n) is 5.69. The molecule has 0 spiro atoms. The maximum atomic E-state index is 12.0. The normalized spacial score (nSPS) is 16.3. The predicted octanol–water partition coefficient (Wildman–Crippen LogP) is 0.929. The van der Waals surface area contributed by atoms with E-state index in [0.29, 0.717) is 11.3 Å². The van der Waals surface area contributed by atoms with Gasteiger partial charge in [-0.05, 0) is 19.1 Å². The van der Waals surface area contributed by atoms with Crippen molar-refractivity contribution in [3.8, 4) is 0 Å². The summed E-state index contributed by atoms with van der Waals surface area (Å²) in [5.74, 6) is -1.97. The van der Waals surface area contributed by atoms with Gasteiger partial charge < -0.3 is 15.2 Å². The summed E-state index contributed by atoms with van der Waals surface area (Å²) < 4.78 is 4.82. The highest BCUT2D eigenvalue weighted by atomic mass is 16.5. The number of rotatable bonds is 4. The van der Waals surface area contributed by atoms with Gasteiger partial charge in [0.2, 0.25) is 5.91 Å². The summed E-state index contributed by atoms with van der Waals surface area (Å²) in [6.07, 6.45) is 0. The van der Waals surface area contributed by atoms with Crippen molar-refractivity contribution >= 4 is 23.3 Å². The van der Waals surface area contributed by atoms with Gasteiger partial charge >= 0.3 is 5.97 Å². The Bertz CT molecular complexity index is 548. The zero-order valence-electron chi connectivity index (χ0n) is 10.3. The van der Waals surface area contributed by atoms with Crippen LogP contribution in [0.5, 0.6) is 0 Å². The molecule has 1 heterocycles. The number of carbonyl (C=O) groups is 3.